The van der Waals surface area contributed by atoms with E-state index in [1.807, 2.05) is 0 Å². The molecule has 38 heavy (non-hydrogen) atoms. The molecular weight excluding hydrogens is 505 g/mol. The highest BCUT2D eigenvalue weighted by atomic mass is 19.4. The van der Waals surface area contributed by atoms with E-state index in [4.69, 9.17) is 4.74 Å². The minimum atomic E-state index is -4.95. The van der Waals surface area contributed by atoms with Gasteiger partial charge in [0.1, 0.15) is 18.8 Å². The molecule has 0 aliphatic carbocycles. The number of alkyl halides is 3. The SMILES string of the molecule is CC(C)C(NC(=O)Cn1c(-c2cccnc2)ccc(NC(=O)OCc2ccccc2)c1=O)C(O)C(F)(F)F. The number of carbonyl (C=O) groups is 2. The second kappa shape index (κ2) is 12.4. The van der Waals surface area contributed by atoms with E-state index < -0.39 is 48.3 Å². The summed E-state index contributed by atoms with van der Waals surface area (Å²) in [5.74, 6) is -1.71. The zero-order valence-corrected chi connectivity index (χ0v) is 20.6. The van der Waals surface area contributed by atoms with E-state index in [0.717, 1.165) is 10.1 Å². The van der Waals surface area contributed by atoms with Crippen LogP contribution in [0.3, 0.4) is 0 Å². The molecule has 12 heteroatoms. The first kappa shape index (κ1) is 28.4. The average Bonchev–Trinajstić information content (AvgIpc) is 2.88. The molecule has 3 aromatic rings. The van der Waals surface area contributed by atoms with Gasteiger partial charge in [-0.15, -0.1) is 0 Å². The first-order chi connectivity index (χ1) is 18.0. The van der Waals surface area contributed by atoms with Crippen LogP contribution in [0.4, 0.5) is 23.7 Å². The van der Waals surface area contributed by atoms with Crippen molar-refractivity contribution >= 4 is 17.7 Å². The predicted molar refractivity (Wildman–Crippen MR) is 133 cm³/mol. The van der Waals surface area contributed by atoms with E-state index in [2.05, 4.69) is 15.6 Å². The molecule has 3 rings (SSSR count). The van der Waals surface area contributed by atoms with Crippen molar-refractivity contribution in [1.82, 2.24) is 14.9 Å². The second-order valence-electron chi connectivity index (χ2n) is 8.78. The standard InChI is InChI=1S/C26H27F3N4O5/c1-16(2)22(23(35)26(27,28)29)32-21(34)14-33-20(18-9-6-12-30-13-18)11-10-19(24(33)36)31-25(37)38-15-17-7-4-3-5-8-17/h3-13,16,22-23,35H,14-15H2,1-2H3,(H,31,37)(H,32,34). The normalized spacial score (nSPS) is 13.0. The van der Waals surface area contributed by atoms with Gasteiger partial charge in [-0.1, -0.05) is 44.2 Å². The quantitative estimate of drug-likeness (QED) is 0.386. The highest BCUT2D eigenvalue weighted by molar-refractivity contribution is 5.85. The van der Waals surface area contributed by atoms with Gasteiger partial charge in [-0.3, -0.25) is 24.5 Å². The summed E-state index contributed by atoms with van der Waals surface area (Å²) in [4.78, 5) is 42.4. The first-order valence-electron chi connectivity index (χ1n) is 11.6. The van der Waals surface area contributed by atoms with Crippen LogP contribution >= 0.6 is 0 Å². The summed E-state index contributed by atoms with van der Waals surface area (Å²) in [6.07, 6.45) is -5.72. The number of amides is 2. The van der Waals surface area contributed by atoms with Gasteiger partial charge in [-0.05, 0) is 35.7 Å². The van der Waals surface area contributed by atoms with Crippen LogP contribution < -0.4 is 16.2 Å². The lowest BCUT2D eigenvalue weighted by molar-refractivity contribution is -0.215. The van der Waals surface area contributed by atoms with Crippen LogP contribution in [-0.4, -0.2) is 45.0 Å². The smallest absolute Gasteiger partial charge is 0.416 e. The zero-order valence-electron chi connectivity index (χ0n) is 20.6. The summed E-state index contributed by atoms with van der Waals surface area (Å²) in [5.41, 5.74) is 0.407. The highest BCUT2D eigenvalue weighted by Crippen LogP contribution is 2.25. The second-order valence-corrected chi connectivity index (χ2v) is 8.78. The number of rotatable bonds is 9. The summed E-state index contributed by atoms with van der Waals surface area (Å²) >= 11 is 0. The number of hydrogen-bond donors (Lipinski definition) is 3. The fourth-order valence-corrected chi connectivity index (χ4v) is 3.65. The fourth-order valence-electron chi connectivity index (χ4n) is 3.65. The molecule has 0 saturated carbocycles. The largest absolute Gasteiger partial charge is 0.444 e. The predicted octanol–water partition coefficient (Wildman–Crippen LogP) is 3.72. The molecule has 1 aromatic carbocycles. The molecule has 2 amide bonds. The first-order valence-corrected chi connectivity index (χ1v) is 11.6. The van der Waals surface area contributed by atoms with Crippen molar-refractivity contribution in [2.45, 2.75) is 45.3 Å². The van der Waals surface area contributed by atoms with Gasteiger partial charge in [0, 0.05) is 18.0 Å². The lowest BCUT2D eigenvalue weighted by atomic mass is 9.98. The van der Waals surface area contributed by atoms with Gasteiger partial charge in [0.25, 0.3) is 5.56 Å². The van der Waals surface area contributed by atoms with Crippen LogP contribution in [0.2, 0.25) is 0 Å². The topological polar surface area (TPSA) is 123 Å². The van der Waals surface area contributed by atoms with Crippen LogP contribution in [0.5, 0.6) is 0 Å². The minimum Gasteiger partial charge on any atom is -0.444 e. The number of carbonyl (C=O) groups excluding carboxylic acids is 2. The fraction of sp³-hybridized carbons (Fsp3) is 0.308. The Kier molecular flexibility index (Phi) is 9.24. The lowest BCUT2D eigenvalue weighted by Gasteiger charge is -2.29. The third-order valence-corrected chi connectivity index (χ3v) is 5.60. The summed E-state index contributed by atoms with van der Waals surface area (Å²) in [6, 6.07) is 13.2. The van der Waals surface area contributed by atoms with E-state index in [-0.39, 0.29) is 18.0 Å². The molecule has 9 nitrogen and oxygen atoms in total. The van der Waals surface area contributed by atoms with Gasteiger partial charge in [0.15, 0.2) is 6.10 Å². The Balaban J connectivity index is 1.86. The highest BCUT2D eigenvalue weighted by Gasteiger charge is 2.45. The number of ether oxygens (including phenoxy) is 1. The molecule has 0 fully saturated rings. The van der Waals surface area contributed by atoms with Crippen molar-refractivity contribution in [3.8, 4) is 11.3 Å². The van der Waals surface area contributed by atoms with Crippen LogP contribution in [0.1, 0.15) is 19.4 Å². The van der Waals surface area contributed by atoms with Crippen LogP contribution in [0.15, 0.2) is 71.8 Å². The summed E-state index contributed by atoms with van der Waals surface area (Å²) in [5, 5.41) is 14.2. The molecule has 202 valence electrons. The van der Waals surface area contributed by atoms with Gasteiger partial charge in [0.05, 0.1) is 11.7 Å². The number of nitrogens with one attached hydrogen (secondary N) is 2. The van der Waals surface area contributed by atoms with Crippen molar-refractivity contribution in [3.63, 3.8) is 0 Å². The molecule has 2 unspecified atom stereocenters. The van der Waals surface area contributed by atoms with Crippen molar-refractivity contribution < 1.29 is 32.6 Å². The van der Waals surface area contributed by atoms with E-state index >= 15 is 0 Å². The summed E-state index contributed by atoms with van der Waals surface area (Å²) in [6.45, 7) is 2.10. The van der Waals surface area contributed by atoms with Crippen molar-refractivity contribution in [1.29, 1.82) is 0 Å². The Hall–Kier alpha value is -4.19. The van der Waals surface area contributed by atoms with E-state index in [1.165, 1.54) is 38.4 Å². The maximum absolute atomic E-state index is 13.3. The Bertz CT molecular complexity index is 1300. The monoisotopic (exact) mass is 532 g/mol. The lowest BCUT2D eigenvalue weighted by Crippen LogP contribution is -2.53. The minimum absolute atomic E-state index is 0.0465. The molecule has 0 aliphatic heterocycles. The molecule has 2 atom stereocenters. The van der Waals surface area contributed by atoms with Crippen molar-refractivity contribution in [2.75, 3.05) is 5.32 Å². The van der Waals surface area contributed by atoms with E-state index in [0.29, 0.717) is 5.56 Å². The number of benzene rings is 1. The molecule has 0 radical (unpaired) electrons. The number of pyridine rings is 2. The van der Waals surface area contributed by atoms with Crippen molar-refractivity contribution in [3.05, 3.63) is 82.9 Å². The molecular formula is C26H27F3N4O5. The zero-order chi connectivity index (χ0) is 27.9. The van der Waals surface area contributed by atoms with Gasteiger partial charge < -0.3 is 15.2 Å². The Labute approximate surface area is 216 Å². The molecule has 2 heterocycles. The number of aliphatic hydroxyl groups is 1. The van der Waals surface area contributed by atoms with E-state index in [1.54, 1.807) is 42.5 Å². The number of nitrogens with zero attached hydrogens (tertiary/aromatic N) is 2. The number of hydrogen-bond acceptors (Lipinski definition) is 6. The summed E-state index contributed by atoms with van der Waals surface area (Å²) in [7, 11) is 0. The maximum atomic E-state index is 13.3. The van der Waals surface area contributed by atoms with Crippen LogP contribution in [-0.2, 0) is 22.7 Å². The molecule has 0 aliphatic rings. The Morgan fingerprint density at radius 1 is 1.08 bits per heavy atom. The molecule has 2 aromatic heterocycles. The molecule has 0 spiro atoms. The summed E-state index contributed by atoms with van der Waals surface area (Å²) < 4.78 is 45.5. The van der Waals surface area contributed by atoms with Crippen LogP contribution in [0.25, 0.3) is 11.3 Å². The van der Waals surface area contributed by atoms with Gasteiger partial charge in [0.2, 0.25) is 5.91 Å². The Morgan fingerprint density at radius 3 is 2.39 bits per heavy atom. The number of aliphatic hydroxyl groups excluding tert-OH is 1. The molecule has 3 N–H and O–H groups in total. The van der Waals surface area contributed by atoms with Crippen molar-refractivity contribution in [2.24, 2.45) is 5.92 Å². The van der Waals surface area contributed by atoms with Crippen LogP contribution in [0, 0.1) is 5.92 Å². The number of halogens is 3. The van der Waals surface area contributed by atoms with Gasteiger partial charge in [-0.2, -0.15) is 13.2 Å². The average molecular weight is 533 g/mol. The molecule has 0 saturated heterocycles. The maximum Gasteiger partial charge on any atom is 0.416 e. The number of anilines is 1. The third kappa shape index (κ3) is 7.42. The third-order valence-electron chi connectivity index (χ3n) is 5.60. The van der Waals surface area contributed by atoms with E-state index in [9.17, 15) is 32.7 Å². The Morgan fingerprint density at radius 2 is 1.79 bits per heavy atom. The molecule has 0 bridgehead atoms. The van der Waals surface area contributed by atoms with Gasteiger partial charge in [-0.25, -0.2) is 4.79 Å². The van der Waals surface area contributed by atoms with Gasteiger partial charge >= 0.3 is 12.3 Å². The number of aromatic nitrogens is 2.